The Bertz CT molecular complexity index is 458. The zero-order valence-corrected chi connectivity index (χ0v) is 11.1. The van der Waals surface area contributed by atoms with Crippen LogP contribution in [0.3, 0.4) is 0 Å². The van der Waals surface area contributed by atoms with Crippen LogP contribution in [0.25, 0.3) is 0 Å². The van der Waals surface area contributed by atoms with E-state index in [1.807, 2.05) is 6.08 Å². The fraction of sp³-hybridized carbons (Fsp3) is 0.375. The first kappa shape index (κ1) is 13.5. The van der Waals surface area contributed by atoms with Gasteiger partial charge in [-0.25, -0.2) is 0 Å². The van der Waals surface area contributed by atoms with Crippen molar-refractivity contribution >= 4 is 11.8 Å². The highest BCUT2D eigenvalue weighted by atomic mass is 16.2. The maximum absolute atomic E-state index is 12.1. The Balaban J connectivity index is 1.85. The van der Waals surface area contributed by atoms with Crippen molar-refractivity contribution in [2.45, 2.75) is 32.1 Å². The highest BCUT2D eigenvalue weighted by Crippen LogP contribution is 2.22. The van der Waals surface area contributed by atoms with Crippen LogP contribution in [0.5, 0.6) is 0 Å². The summed E-state index contributed by atoms with van der Waals surface area (Å²) in [4.78, 5) is 25.5. The van der Waals surface area contributed by atoms with Gasteiger partial charge in [-0.2, -0.15) is 0 Å². The van der Waals surface area contributed by atoms with Gasteiger partial charge in [-0.05, 0) is 31.4 Å². The summed E-state index contributed by atoms with van der Waals surface area (Å²) < 4.78 is 0. The highest BCUT2D eigenvalue weighted by Gasteiger charge is 2.34. The summed E-state index contributed by atoms with van der Waals surface area (Å²) in [6.07, 6.45) is 7.13. The van der Waals surface area contributed by atoms with Gasteiger partial charge in [-0.3, -0.25) is 14.5 Å². The molecule has 0 aromatic heterocycles. The van der Waals surface area contributed by atoms with Crippen LogP contribution < -0.4 is 0 Å². The van der Waals surface area contributed by atoms with Gasteiger partial charge < -0.3 is 0 Å². The molecule has 3 heteroatoms. The molecule has 0 N–H and O–H groups in total. The number of rotatable bonds is 7. The van der Waals surface area contributed by atoms with E-state index in [0.717, 1.165) is 32.1 Å². The highest BCUT2D eigenvalue weighted by molar-refractivity contribution is 6.21. The fourth-order valence-electron chi connectivity index (χ4n) is 2.35. The van der Waals surface area contributed by atoms with Gasteiger partial charge in [0.25, 0.3) is 11.8 Å². The standard InChI is InChI=1S/C16H19NO2/c1-2-3-4-5-6-9-12-17-15(18)13-10-7-8-11-14(13)16(17)19/h2,7-8,10-11H,1,3-6,9,12H2. The van der Waals surface area contributed by atoms with Crippen molar-refractivity contribution in [2.24, 2.45) is 0 Å². The van der Waals surface area contributed by atoms with Crippen molar-refractivity contribution < 1.29 is 9.59 Å². The first-order valence-corrected chi connectivity index (χ1v) is 6.82. The average molecular weight is 257 g/mol. The molecular weight excluding hydrogens is 238 g/mol. The molecule has 2 rings (SSSR count). The lowest BCUT2D eigenvalue weighted by molar-refractivity contribution is 0.0651. The van der Waals surface area contributed by atoms with E-state index >= 15 is 0 Å². The summed E-state index contributed by atoms with van der Waals surface area (Å²) >= 11 is 0. The molecule has 0 aliphatic carbocycles. The Kier molecular flexibility index (Phi) is 4.50. The quantitative estimate of drug-likeness (QED) is 0.426. The van der Waals surface area contributed by atoms with Crippen molar-refractivity contribution in [3.05, 3.63) is 48.0 Å². The van der Waals surface area contributed by atoms with E-state index in [0.29, 0.717) is 17.7 Å². The van der Waals surface area contributed by atoms with Crippen LogP contribution >= 0.6 is 0 Å². The minimum atomic E-state index is -0.147. The van der Waals surface area contributed by atoms with Gasteiger partial charge in [0.1, 0.15) is 0 Å². The van der Waals surface area contributed by atoms with Crippen molar-refractivity contribution in [1.29, 1.82) is 0 Å². The van der Waals surface area contributed by atoms with Gasteiger partial charge in [-0.15, -0.1) is 6.58 Å². The minimum Gasteiger partial charge on any atom is -0.274 e. The van der Waals surface area contributed by atoms with Crippen molar-refractivity contribution in [3.8, 4) is 0 Å². The van der Waals surface area contributed by atoms with Crippen LogP contribution in [0.4, 0.5) is 0 Å². The number of hydrogen-bond acceptors (Lipinski definition) is 2. The van der Waals surface area contributed by atoms with Crippen LogP contribution in [-0.2, 0) is 0 Å². The molecule has 0 bridgehead atoms. The average Bonchev–Trinajstić information content (AvgIpc) is 2.68. The number of hydrogen-bond donors (Lipinski definition) is 0. The Morgan fingerprint density at radius 3 is 2.11 bits per heavy atom. The number of nitrogens with zero attached hydrogens (tertiary/aromatic N) is 1. The number of carbonyl (C=O) groups is 2. The normalized spacial score (nSPS) is 13.8. The Morgan fingerprint density at radius 1 is 0.947 bits per heavy atom. The molecule has 1 aromatic carbocycles. The fourth-order valence-corrected chi connectivity index (χ4v) is 2.35. The molecule has 1 aliphatic heterocycles. The predicted octanol–water partition coefficient (Wildman–Crippen LogP) is 3.42. The lowest BCUT2D eigenvalue weighted by Gasteiger charge is -2.13. The van der Waals surface area contributed by atoms with Gasteiger partial charge >= 0.3 is 0 Å². The van der Waals surface area contributed by atoms with Crippen LogP contribution in [-0.4, -0.2) is 23.3 Å². The molecule has 0 unspecified atom stereocenters. The number of unbranched alkanes of at least 4 members (excludes halogenated alkanes) is 4. The molecular formula is C16H19NO2. The number of imide groups is 1. The second-order valence-electron chi connectivity index (χ2n) is 4.80. The van der Waals surface area contributed by atoms with Gasteiger partial charge in [0.2, 0.25) is 0 Å². The first-order chi connectivity index (χ1) is 9.25. The Hall–Kier alpha value is -1.90. The second-order valence-corrected chi connectivity index (χ2v) is 4.80. The number of allylic oxidation sites excluding steroid dienone is 1. The van der Waals surface area contributed by atoms with E-state index in [1.165, 1.54) is 4.90 Å². The predicted molar refractivity (Wildman–Crippen MR) is 75.1 cm³/mol. The third-order valence-electron chi connectivity index (χ3n) is 3.42. The Labute approximate surface area is 113 Å². The van der Waals surface area contributed by atoms with Crippen LogP contribution in [0.2, 0.25) is 0 Å². The molecule has 1 aliphatic rings. The molecule has 100 valence electrons. The number of fused-ring (bicyclic) bond motifs is 1. The molecule has 0 atom stereocenters. The lowest BCUT2D eigenvalue weighted by Crippen LogP contribution is -2.30. The molecule has 19 heavy (non-hydrogen) atoms. The summed E-state index contributed by atoms with van der Waals surface area (Å²) in [5, 5.41) is 0. The van der Waals surface area contributed by atoms with Crippen LogP contribution in [0.15, 0.2) is 36.9 Å². The van der Waals surface area contributed by atoms with Gasteiger partial charge in [0.15, 0.2) is 0 Å². The van der Waals surface area contributed by atoms with Crippen molar-refractivity contribution in [2.75, 3.05) is 6.54 Å². The molecule has 0 fully saturated rings. The molecule has 1 aromatic rings. The van der Waals surface area contributed by atoms with E-state index in [-0.39, 0.29) is 11.8 Å². The van der Waals surface area contributed by atoms with Gasteiger partial charge in [0.05, 0.1) is 11.1 Å². The zero-order chi connectivity index (χ0) is 13.7. The lowest BCUT2D eigenvalue weighted by atomic mass is 10.1. The van der Waals surface area contributed by atoms with Gasteiger partial charge in [-0.1, -0.05) is 31.1 Å². The van der Waals surface area contributed by atoms with Crippen molar-refractivity contribution in [3.63, 3.8) is 0 Å². The largest absolute Gasteiger partial charge is 0.274 e. The summed E-state index contributed by atoms with van der Waals surface area (Å²) in [7, 11) is 0. The smallest absolute Gasteiger partial charge is 0.261 e. The number of benzene rings is 1. The summed E-state index contributed by atoms with van der Waals surface area (Å²) in [5.41, 5.74) is 1.08. The maximum atomic E-state index is 12.1. The summed E-state index contributed by atoms with van der Waals surface area (Å²) in [6, 6.07) is 7.03. The third kappa shape index (κ3) is 2.92. The minimum absolute atomic E-state index is 0.147. The molecule has 0 radical (unpaired) electrons. The van der Waals surface area contributed by atoms with E-state index < -0.39 is 0 Å². The summed E-state index contributed by atoms with van der Waals surface area (Å²) in [6.45, 7) is 4.22. The third-order valence-corrected chi connectivity index (χ3v) is 3.42. The first-order valence-electron chi connectivity index (χ1n) is 6.82. The van der Waals surface area contributed by atoms with Gasteiger partial charge in [0, 0.05) is 6.54 Å². The molecule has 0 saturated carbocycles. The van der Waals surface area contributed by atoms with E-state index in [1.54, 1.807) is 24.3 Å². The van der Waals surface area contributed by atoms with Crippen LogP contribution in [0.1, 0.15) is 52.8 Å². The molecule has 0 spiro atoms. The Morgan fingerprint density at radius 2 is 1.53 bits per heavy atom. The number of amides is 2. The van der Waals surface area contributed by atoms with Crippen LogP contribution in [0, 0.1) is 0 Å². The molecule has 1 heterocycles. The topological polar surface area (TPSA) is 37.4 Å². The molecule has 3 nitrogen and oxygen atoms in total. The van der Waals surface area contributed by atoms with Crippen molar-refractivity contribution in [1.82, 2.24) is 4.90 Å². The van der Waals surface area contributed by atoms with E-state index in [4.69, 9.17) is 0 Å². The molecule has 0 saturated heterocycles. The second kappa shape index (κ2) is 6.32. The summed E-state index contributed by atoms with van der Waals surface area (Å²) in [5.74, 6) is -0.293. The monoisotopic (exact) mass is 257 g/mol. The van der Waals surface area contributed by atoms with E-state index in [9.17, 15) is 9.59 Å². The maximum Gasteiger partial charge on any atom is 0.261 e. The number of carbonyl (C=O) groups excluding carboxylic acids is 2. The SMILES string of the molecule is C=CCCCCCCN1C(=O)c2ccccc2C1=O. The zero-order valence-electron chi connectivity index (χ0n) is 11.1. The van der Waals surface area contributed by atoms with E-state index in [2.05, 4.69) is 6.58 Å². The molecule has 2 amide bonds.